The lowest BCUT2D eigenvalue weighted by Crippen LogP contribution is -2.39. The first kappa shape index (κ1) is 19.5. The minimum absolute atomic E-state index is 0.116. The number of amides is 1. The second-order valence-corrected chi connectivity index (χ2v) is 8.81. The van der Waals surface area contributed by atoms with Crippen LogP contribution in [0.15, 0.2) is 18.2 Å². The molecule has 2 aliphatic rings. The van der Waals surface area contributed by atoms with Gasteiger partial charge >= 0.3 is 0 Å². The number of fused-ring (bicyclic) bond motifs is 1. The summed E-state index contributed by atoms with van der Waals surface area (Å²) in [4.78, 5) is 19.7. The van der Waals surface area contributed by atoms with Crippen LogP contribution in [0.5, 0.6) is 0 Å². The fraction of sp³-hybridized carbons (Fsp3) is 0.571. The third-order valence-electron chi connectivity index (χ3n) is 5.66. The Morgan fingerprint density at radius 2 is 2.14 bits per heavy atom. The molecule has 1 amide bonds. The van der Waals surface area contributed by atoms with E-state index in [4.69, 9.17) is 5.10 Å². The predicted octanol–water partition coefficient (Wildman–Crippen LogP) is 2.44. The first-order valence-electron chi connectivity index (χ1n) is 10.3. The zero-order chi connectivity index (χ0) is 19.5. The van der Waals surface area contributed by atoms with Gasteiger partial charge in [0.2, 0.25) is 0 Å². The number of pyridine rings is 1. The number of nitrogens with zero attached hydrogens (tertiary/aromatic N) is 4. The quantitative estimate of drug-likeness (QED) is 0.837. The van der Waals surface area contributed by atoms with Gasteiger partial charge in [0.1, 0.15) is 0 Å². The highest BCUT2D eigenvalue weighted by Crippen LogP contribution is 2.27. The maximum Gasteiger partial charge on any atom is 0.274 e. The minimum Gasteiger partial charge on any atom is -0.336 e. The van der Waals surface area contributed by atoms with E-state index in [1.807, 2.05) is 34.3 Å². The summed E-state index contributed by atoms with van der Waals surface area (Å²) in [6, 6.07) is 6.49. The Morgan fingerprint density at radius 1 is 1.32 bits per heavy atom. The van der Waals surface area contributed by atoms with E-state index in [0.29, 0.717) is 11.7 Å². The van der Waals surface area contributed by atoms with Crippen molar-refractivity contribution < 1.29 is 4.79 Å². The molecule has 2 aromatic heterocycles. The van der Waals surface area contributed by atoms with Crippen molar-refractivity contribution in [1.29, 1.82) is 0 Å². The molecule has 0 radical (unpaired) electrons. The van der Waals surface area contributed by atoms with Gasteiger partial charge in [-0.2, -0.15) is 16.9 Å². The van der Waals surface area contributed by atoms with Crippen LogP contribution in [0.3, 0.4) is 0 Å². The van der Waals surface area contributed by atoms with Crippen molar-refractivity contribution in [3.05, 3.63) is 46.5 Å². The van der Waals surface area contributed by atoms with Gasteiger partial charge < -0.3 is 10.2 Å². The van der Waals surface area contributed by atoms with Gasteiger partial charge in [-0.3, -0.25) is 14.5 Å². The van der Waals surface area contributed by atoms with Crippen molar-refractivity contribution in [2.45, 2.75) is 52.2 Å². The SMILES string of the molecule is CCn1nc(C(=O)N2CCSCC2)c2c1CCC(NCc1cccc(C)n1)C2. The summed E-state index contributed by atoms with van der Waals surface area (Å²) >= 11 is 1.92. The molecule has 0 aromatic carbocycles. The standard InChI is InChI=1S/C21H29N5OS/c1-3-26-19-8-7-16(22-14-17-6-4-5-15(2)23-17)13-18(19)20(24-26)21(27)25-9-11-28-12-10-25/h4-6,16,22H,3,7-14H2,1-2H3. The average Bonchev–Trinajstić information content (AvgIpc) is 3.10. The van der Waals surface area contributed by atoms with E-state index >= 15 is 0 Å². The van der Waals surface area contributed by atoms with Crippen LogP contribution >= 0.6 is 11.8 Å². The van der Waals surface area contributed by atoms with Crippen molar-refractivity contribution >= 4 is 17.7 Å². The number of aryl methyl sites for hydroxylation is 2. The topological polar surface area (TPSA) is 63.1 Å². The summed E-state index contributed by atoms with van der Waals surface area (Å²) in [6.07, 6.45) is 2.90. The molecular formula is C21H29N5OS. The molecule has 150 valence electrons. The number of rotatable bonds is 5. The number of thioether (sulfide) groups is 1. The van der Waals surface area contributed by atoms with E-state index in [1.54, 1.807) is 0 Å². The molecule has 3 heterocycles. The van der Waals surface area contributed by atoms with Gasteiger partial charge in [-0.1, -0.05) is 6.07 Å². The van der Waals surface area contributed by atoms with Gasteiger partial charge in [-0.05, 0) is 45.2 Å². The van der Waals surface area contributed by atoms with Crippen LogP contribution in [0.2, 0.25) is 0 Å². The highest BCUT2D eigenvalue weighted by Gasteiger charge is 2.31. The molecule has 0 saturated carbocycles. The Morgan fingerprint density at radius 3 is 2.89 bits per heavy atom. The van der Waals surface area contributed by atoms with Crippen LogP contribution in [-0.4, -0.2) is 56.2 Å². The Kier molecular flexibility index (Phi) is 6.01. The zero-order valence-electron chi connectivity index (χ0n) is 16.8. The first-order chi connectivity index (χ1) is 13.7. The molecule has 0 spiro atoms. The van der Waals surface area contributed by atoms with Crippen LogP contribution < -0.4 is 5.32 Å². The molecule has 1 atom stereocenters. The van der Waals surface area contributed by atoms with E-state index < -0.39 is 0 Å². The second-order valence-electron chi connectivity index (χ2n) is 7.59. The lowest BCUT2D eigenvalue weighted by atomic mass is 9.91. The summed E-state index contributed by atoms with van der Waals surface area (Å²) < 4.78 is 2.04. The van der Waals surface area contributed by atoms with Gasteiger partial charge in [-0.15, -0.1) is 0 Å². The molecule has 1 fully saturated rings. The smallest absolute Gasteiger partial charge is 0.274 e. The van der Waals surface area contributed by atoms with Gasteiger partial charge in [0.15, 0.2) is 5.69 Å². The molecule has 1 N–H and O–H groups in total. The summed E-state index contributed by atoms with van der Waals surface area (Å²) in [7, 11) is 0. The van der Waals surface area contributed by atoms with Crippen LogP contribution in [0.25, 0.3) is 0 Å². The van der Waals surface area contributed by atoms with Crippen molar-refractivity contribution in [2.24, 2.45) is 0 Å². The maximum atomic E-state index is 13.1. The number of aromatic nitrogens is 3. The van der Waals surface area contributed by atoms with E-state index in [9.17, 15) is 4.79 Å². The second kappa shape index (κ2) is 8.66. The van der Waals surface area contributed by atoms with Crippen molar-refractivity contribution in [2.75, 3.05) is 24.6 Å². The molecule has 4 rings (SSSR count). The molecule has 1 aliphatic carbocycles. The molecule has 2 aromatic rings. The third kappa shape index (κ3) is 4.10. The summed E-state index contributed by atoms with van der Waals surface area (Å²) in [5.74, 6) is 2.16. The lowest BCUT2D eigenvalue weighted by Gasteiger charge is -2.27. The Balaban J connectivity index is 1.50. The van der Waals surface area contributed by atoms with Gasteiger partial charge in [-0.25, -0.2) is 0 Å². The third-order valence-corrected chi connectivity index (χ3v) is 6.61. The Hall–Kier alpha value is -1.86. The van der Waals surface area contributed by atoms with E-state index in [0.717, 1.165) is 73.9 Å². The Bertz CT molecular complexity index is 843. The van der Waals surface area contributed by atoms with Gasteiger partial charge in [0.05, 0.1) is 5.69 Å². The Labute approximate surface area is 171 Å². The van der Waals surface area contributed by atoms with Crippen LogP contribution in [0, 0.1) is 6.92 Å². The summed E-state index contributed by atoms with van der Waals surface area (Å²) in [6.45, 7) is 7.36. The minimum atomic E-state index is 0.116. The van der Waals surface area contributed by atoms with Crippen LogP contribution in [0.4, 0.5) is 0 Å². The molecular weight excluding hydrogens is 370 g/mol. The molecule has 7 heteroatoms. The van der Waals surface area contributed by atoms with Crippen molar-refractivity contribution in [1.82, 2.24) is 25.0 Å². The molecule has 1 aliphatic heterocycles. The number of carbonyl (C=O) groups is 1. The van der Waals surface area contributed by atoms with E-state index in [2.05, 4.69) is 29.4 Å². The van der Waals surface area contributed by atoms with E-state index in [-0.39, 0.29) is 5.91 Å². The number of nitrogens with one attached hydrogen (secondary N) is 1. The highest BCUT2D eigenvalue weighted by atomic mass is 32.2. The fourth-order valence-corrected chi connectivity index (χ4v) is 5.06. The predicted molar refractivity (Wildman–Crippen MR) is 113 cm³/mol. The average molecular weight is 400 g/mol. The monoisotopic (exact) mass is 399 g/mol. The van der Waals surface area contributed by atoms with Crippen LogP contribution in [-0.2, 0) is 25.9 Å². The molecule has 28 heavy (non-hydrogen) atoms. The number of hydrogen-bond acceptors (Lipinski definition) is 5. The summed E-state index contributed by atoms with van der Waals surface area (Å²) in [5, 5.41) is 8.38. The first-order valence-corrected chi connectivity index (χ1v) is 11.4. The molecule has 1 unspecified atom stereocenters. The van der Waals surface area contributed by atoms with Crippen molar-refractivity contribution in [3.8, 4) is 0 Å². The molecule has 1 saturated heterocycles. The van der Waals surface area contributed by atoms with Crippen molar-refractivity contribution in [3.63, 3.8) is 0 Å². The maximum absolute atomic E-state index is 13.1. The van der Waals surface area contributed by atoms with Gasteiger partial charge in [0, 0.05) is 60.7 Å². The molecule has 6 nitrogen and oxygen atoms in total. The molecule has 0 bridgehead atoms. The summed E-state index contributed by atoms with van der Waals surface area (Å²) in [5.41, 5.74) is 5.21. The normalized spacial score (nSPS) is 19.5. The number of carbonyl (C=O) groups excluding carboxylic acids is 1. The fourth-order valence-electron chi connectivity index (χ4n) is 4.16. The lowest BCUT2D eigenvalue weighted by molar-refractivity contribution is 0.0764. The van der Waals surface area contributed by atoms with Crippen LogP contribution in [0.1, 0.15) is 46.5 Å². The number of hydrogen-bond donors (Lipinski definition) is 1. The van der Waals surface area contributed by atoms with Gasteiger partial charge in [0.25, 0.3) is 5.91 Å². The van der Waals surface area contributed by atoms with E-state index in [1.165, 1.54) is 5.69 Å². The zero-order valence-corrected chi connectivity index (χ0v) is 17.6. The highest BCUT2D eigenvalue weighted by molar-refractivity contribution is 7.99. The largest absolute Gasteiger partial charge is 0.336 e.